The van der Waals surface area contributed by atoms with Crippen LogP contribution in [0, 0.1) is 29.5 Å². The highest BCUT2D eigenvalue weighted by Gasteiger charge is 2.46. The number of piperidine rings is 1. The number of terminal acetylenes is 1. The zero-order chi connectivity index (χ0) is 51.5. The van der Waals surface area contributed by atoms with E-state index in [1.807, 2.05) is 74.5 Å². The van der Waals surface area contributed by atoms with E-state index in [2.05, 4.69) is 41.0 Å². The number of hydrogen-bond donors (Lipinski definition) is 4. The van der Waals surface area contributed by atoms with Crippen LogP contribution in [0.4, 0.5) is 10.2 Å². The van der Waals surface area contributed by atoms with Gasteiger partial charge in [-0.3, -0.25) is 19.6 Å². The lowest BCUT2D eigenvalue weighted by molar-refractivity contribution is -0.139. The second-order valence-electron chi connectivity index (χ2n) is 21.8. The van der Waals surface area contributed by atoms with Gasteiger partial charge in [0.1, 0.15) is 28.5 Å². The van der Waals surface area contributed by atoms with E-state index in [9.17, 15) is 19.8 Å². The number of nitrogens with zero attached hydrogens (tertiary/aromatic N) is 9. The van der Waals surface area contributed by atoms with Crippen LogP contribution in [-0.4, -0.2) is 138 Å². The number of carbonyl (C=O) groups excluding carboxylic acids is 1. The first-order valence-electron chi connectivity index (χ1n) is 26.5. The third-order valence-corrected chi connectivity index (χ3v) is 16.4. The number of phenols is 2. The average Bonchev–Trinajstić information content (AvgIpc) is 3.96. The minimum atomic E-state index is -0.529. The van der Waals surface area contributed by atoms with Crippen LogP contribution in [0.15, 0.2) is 83.8 Å². The third kappa shape index (κ3) is 9.44. The first-order chi connectivity index (χ1) is 36.4. The third-order valence-electron chi connectivity index (χ3n) is 16.4. The van der Waals surface area contributed by atoms with Crippen LogP contribution in [-0.2, 0) is 11.3 Å². The van der Waals surface area contributed by atoms with Gasteiger partial charge in [-0.05, 0) is 98.3 Å². The fourth-order valence-electron chi connectivity index (χ4n) is 12.0. The number of aromatic nitrogens is 6. The summed E-state index contributed by atoms with van der Waals surface area (Å²) in [6.45, 7) is 12.0. The van der Waals surface area contributed by atoms with Crippen molar-refractivity contribution in [3.05, 3.63) is 112 Å². The van der Waals surface area contributed by atoms with Gasteiger partial charge in [-0.15, -0.1) is 6.42 Å². The normalized spacial score (nSPS) is 20.0. The second-order valence-corrected chi connectivity index (χ2v) is 21.8. The Bertz CT molecular complexity index is 3410. The van der Waals surface area contributed by atoms with Crippen molar-refractivity contribution in [2.45, 2.75) is 76.9 Å². The molecule has 4 aromatic carbocycles. The standard InChI is InChI=1S/C58H62FN11O5/c1-4-37-7-5-8-38-9-6-10-43(49(37)38)51-50(59)52-46(29-60-51)53(69-31-40-13-14-41(32-69)61-40)63-56(62-52)75-34-58(19-20-58)33-67-23-25-68(26-24-67)55(73)39-17-21-66(22-18-39)30-36-11-15-42(16-12-36)70-54(64-65-57(70)74)45-27-44(35(2)3)47(71)28-48(45)72/h1,5-12,15-16,27-29,35,39-41,61,71-72H,13-14,17-26,30-34H2,2-3H3,(H,65,74). The van der Waals surface area contributed by atoms with Crippen LogP contribution >= 0.6 is 0 Å². The van der Waals surface area contributed by atoms with Gasteiger partial charge >= 0.3 is 11.7 Å². The quantitative estimate of drug-likeness (QED) is 0.0853. The van der Waals surface area contributed by atoms with Gasteiger partial charge in [-0.25, -0.2) is 18.9 Å². The molecule has 7 aromatic rings. The molecule has 386 valence electrons. The molecule has 75 heavy (non-hydrogen) atoms. The summed E-state index contributed by atoms with van der Waals surface area (Å²) in [5, 5.41) is 33.8. The summed E-state index contributed by atoms with van der Waals surface area (Å²) in [4.78, 5) is 50.5. The lowest BCUT2D eigenvalue weighted by Gasteiger charge is -2.39. The van der Waals surface area contributed by atoms with Crippen LogP contribution in [0.2, 0.25) is 0 Å². The fourth-order valence-corrected chi connectivity index (χ4v) is 12.0. The summed E-state index contributed by atoms with van der Waals surface area (Å²) in [7, 11) is 0. The molecule has 3 aromatic heterocycles. The number of amides is 1. The number of aromatic hydroxyl groups is 2. The van der Waals surface area contributed by atoms with Crippen molar-refractivity contribution in [1.82, 2.24) is 49.7 Å². The molecule has 2 unspecified atom stereocenters. The fraction of sp³-hybridized carbons (Fsp3) is 0.414. The van der Waals surface area contributed by atoms with Gasteiger partial charge < -0.3 is 30.1 Å². The molecule has 12 rings (SSSR count). The van der Waals surface area contributed by atoms with Gasteiger partial charge in [-0.2, -0.15) is 15.1 Å². The van der Waals surface area contributed by atoms with Crippen molar-refractivity contribution in [2.75, 3.05) is 70.4 Å². The SMILES string of the molecule is C#Cc1cccc2cccc(-c3ncc4c(N5CC6CCC(C5)N6)nc(OCC5(CN6CCN(C(=O)C7CCN(Cc8ccc(-n9c(-c%10cc(C(C)C)c(O)cc%10O)n[nH]c9=O)cc8)CC7)CC6)CC5)nc4c3F)c12. The molecule has 5 fully saturated rings. The summed E-state index contributed by atoms with van der Waals surface area (Å²) in [6.07, 6.45) is 13.4. The summed E-state index contributed by atoms with van der Waals surface area (Å²) in [6, 6.07) is 23.0. The number of H-pyrrole nitrogens is 1. The van der Waals surface area contributed by atoms with Crippen molar-refractivity contribution in [2.24, 2.45) is 11.3 Å². The number of anilines is 1. The van der Waals surface area contributed by atoms with Crippen molar-refractivity contribution in [3.63, 3.8) is 0 Å². The highest BCUT2D eigenvalue weighted by molar-refractivity contribution is 6.02. The molecule has 16 nitrogen and oxygen atoms in total. The monoisotopic (exact) mass is 1010 g/mol. The van der Waals surface area contributed by atoms with Crippen molar-refractivity contribution < 1.29 is 24.1 Å². The predicted molar refractivity (Wildman–Crippen MR) is 286 cm³/mol. The summed E-state index contributed by atoms with van der Waals surface area (Å²) < 4.78 is 25.1. The molecule has 17 heteroatoms. The molecule has 4 N–H and O–H groups in total. The van der Waals surface area contributed by atoms with Gasteiger partial charge in [0.25, 0.3) is 0 Å². The lowest BCUT2D eigenvalue weighted by atomic mass is 9.94. The lowest BCUT2D eigenvalue weighted by Crippen LogP contribution is -2.52. The molecule has 1 amide bonds. The van der Waals surface area contributed by atoms with Gasteiger partial charge in [-0.1, -0.05) is 62.2 Å². The van der Waals surface area contributed by atoms with Crippen LogP contribution in [0.3, 0.4) is 0 Å². The van der Waals surface area contributed by atoms with E-state index < -0.39 is 11.5 Å². The number of fused-ring (bicyclic) bond motifs is 4. The number of ether oxygens (including phenoxy) is 1. The van der Waals surface area contributed by atoms with Gasteiger partial charge in [0.15, 0.2) is 11.6 Å². The molecular weight excluding hydrogens is 950 g/mol. The van der Waals surface area contributed by atoms with E-state index in [-0.39, 0.29) is 57.7 Å². The number of carbonyl (C=O) groups is 1. The van der Waals surface area contributed by atoms with Crippen LogP contribution in [0.1, 0.15) is 75.0 Å². The number of phenolic OH excluding ortho intramolecular Hbond substituents is 2. The first-order valence-corrected chi connectivity index (χ1v) is 26.5. The number of rotatable bonds is 13. The maximum atomic E-state index is 17.1. The zero-order valence-electron chi connectivity index (χ0n) is 42.4. The molecule has 2 bridgehead atoms. The first kappa shape index (κ1) is 48.5. The van der Waals surface area contributed by atoms with Crippen LogP contribution in [0.25, 0.3) is 50.0 Å². The number of piperazine rings is 2. The Morgan fingerprint density at radius 2 is 1.63 bits per heavy atom. The van der Waals surface area contributed by atoms with Gasteiger partial charge in [0.2, 0.25) is 5.91 Å². The highest BCUT2D eigenvalue weighted by atomic mass is 19.1. The van der Waals surface area contributed by atoms with E-state index in [0.717, 1.165) is 107 Å². The summed E-state index contributed by atoms with van der Waals surface area (Å²) in [5.74, 6) is 3.19. The minimum absolute atomic E-state index is 0.00724. The molecule has 0 spiro atoms. The van der Waals surface area contributed by atoms with Crippen LogP contribution < -0.4 is 20.6 Å². The Labute approximate surface area is 434 Å². The minimum Gasteiger partial charge on any atom is -0.508 e. The van der Waals surface area contributed by atoms with E-state index in [0.29, 0.717) is 70.9 Å². The number of hydrogen-bond acceptors (Lipinski definition) is 13. The Morgan fingerprint density at radius 1 is 0.893 bits per heavy atom. The summed E-state index contributed by atoms with van der Waals surface area (Å²) in [5.41, 5.74) is 3.82. The molecule has 7 heterocycles. The number of nitrogens with one attached hydrogen (secondary N) is 2. The smallest absolute Gasteiger partial charge is 0.348 e. The maximum absolute atomic E-state index is 17.1. The largest absolute Gasteiger partial charge is 0.508 e. The molecule has 2 atom stereocenters. The molecule has 5 aliphatic rings. The number of pyridine rings is 1. The Morgan fingerprint density at radius 3 is 2.33 bits per heavy atom. The van der Waals surface area contributed by atoms with E-state index in [1.165, 1.54) is 10.6 Å². The molecular formula is C58H62FN11O5. The molecule has 4 saturated heterocycles. The Balaban J connectivity index is 0.662. The van der Waals surface area contributed by atoms with E-state index >= 15 is 4.39 Å². The second kappa shape index (κ2) is 19.7. The molecule has 4 aliphatic heterocycles. The molecule has 1 aliphatic carbocycles. The number of aromatic amines is 1. The van der Waals surface area contributed by atoms with Crippen LogP contribution in [0.5, 0.6) is 17.5 Å². The predicted octanol–water partition coefficient (Wildman–Crippen LogP) is 7.20. The highest BCUT2D eigenvalue weighted by Crippen LogP contribution is 2.47. The topological polar surface area (TPSA) is 181 Å². The Hall–Kier alpha value is -7.39. The molecule has 0 radical (unpaired) electrons. The van der Waals surface area contributed by atoms with Gasteiger partial charge in [0, 0.05) is 105 Å². The van der Waals surface area contributed by atoms with Crippen molar-refractivity contribution in [1.29, 1.82) is 0 Å². The maximum Gasteiger partial charge on any atom is 0.348 e. The van der Waals surface area contributed by atoms with Crippen molar-refractivity contribution >= 4 is 33.4 Å². The van der Waals surface area contributed by atoms with E-state index in [4.69, 9.17) is 26.1 Å². The molecule has 1 saturated carbocycles. The van der Waals surface area contributed by atoms with E-state index in [1.54, 1.807) is 12.3 Å². The van der Waals surface area contributed by atoms with Gasteiger partial charge in [0.05, 0.1) is 23.2 Å². The zero-order valence-corrected chi connectivity index (χ0v) is 42.4. The Kier molecular flexibility index (Phi) is 12.8. The average molecular weight is 1010 g/mol. The number of halogens is 1. The summed E-state index contributed by atoms with van der Waals surface area (Å²) >= 11 is 0. The van der Waals surface area contributed by atoms with Crippen molar-refractivity contribution in [3.8, 4) is 58.2 Å². The number of benzene rings is 4. The number of likely N-dealkylation sites (tertiary alicyclic amines) is 1.